The summed E-state index contributed by atoms with van der Waals surface area (Å²) in [5.74, 6) is 1.63. The van der Waals surface area contributed by atoms with Gasteiger partial charge in [0, 0.05) is 46.0 Å². The van der Waals surface area contributed by atoms with Gasteiger partial charge in [0.2, 0.25) is 0 Å². The number of hydrogen-bond acceptors (Lipinski definition) is 5. The molecule has 0 spiro atoms. The number of hydrogen-bond donors (Lipinski definition) is 1. The Morgan fingerprint density at radius 2 is 2.33 bits per heavy atom. The molecule has 1 aliphatic rings. The van der Waals surface area contributed by atoms with Crippen molar-refractivity contribution in [3.8, 4) is 0 Å². The first-order chi connectivity index (χ1) is 10.1. The summed E-state index contributed by atoms with van der Waals surface area (Å²) in [7, 11) is 3.75. The fourth-order valence-corrected chi connectivity index (χ4v) is 2.77. The number of aromatic nitrogens is 1. The van der Waals surface area contributed by atoms with Crippen LogP contribution >= 0.6 is 0 Å². The molecule has 1 saturated heterocycles. The maximum atomic E-state index is 5.99. The molecule has 2 rings (SSSR count). The summed E-state index contributed by atoms with van der Waals surface area (Å²) < 4.78 is 5.09. The quantitative estimate of drug-likeness (QED) is 0.822. The molecule has 118 valence electrons. The van der Waals surface area contributed by atoms with Gasteiger partial charge in [-0.3, -0.25) is 4.90 Å². The number of nitrogens with zero attached hydrogens (tertiary/aromatic N) is 3. The van der Waals surface area contributed by atoms with Crippen LogP contribution in [-0.2, 0) is 11.3 Å². The van der Waals surface area contributed by atoms with E-state index in [1.165, 1.54) is 12.0 Å². The van der Waals surface area contributed by atoms with Crippen molar-refractivity contribution in [2.45, 2.75) is 25.9 Å². The standard InChI is InChI=1S/C16H28N4O/c1-13(17)15-6-7-20(12-15)11-14-4-5-16(18-10-14)19(2)8-9-21-3/h4-5,10,13,15H,6-9,11-12,17H2,1-3H3. The molecule has 0 aromatic carbocycles. The number of likely N-dealkylation sites (tertiary alicyclic amines) is 1. The van der Waals surface area contributed by atoms with E-state index in [1.807, 2.05) is 13.2 Å². The van der Waals surface area contributed by atoms with E-state index in [0.717, 1.165) is 32.0 Å². The van der Waals surface area contributed by atoms with Crippen molar-refractivity contribution in [3.63, 3.8) is 0 Å². The van der Waals surface area contributed by atoms with Gasteiger partial charge in [0.1, 0.15) is 5.82 Å². The number of rotatable bonds is 7. The first kappa shape index (κ1) is 16.2. The number of ether oxygens (including phenoxy) is 1. The van der Waals surface area contributed by atoms with E-state index >= 15 is 0 Å². The summed E-state index contributed by atoms with van der Waals surface area (Å²) in [4.78, 5) is 9.12. The lowest BCUT2D eigenvalue weighted by Crippen LogP contribution is -2.29. The Morgan fingerprint density at radius 3 is 2.90 bits per heavy atom. The van der Waals surface area contributed by atoms with Gasteiger partial charge in [-0.15, -0.1) is 0 Å². The summed E-state index contributed by atoms with van der Waals surface area (Å²) in [5, 5.41) is 0. The van der Waals surface area contributed by atoms with E-state index in [2.05, 4.69) is 33.8 Å². The first-order valence-corrected chi connectivity index (χ1v) is 7.73. The Morgan fingerprint density at radius 1 is 1.52 bits per heavy atom. The van der Waals surface area contributed by atoms with Gasteiger partial charge in [0.05, 0.1) is 6.61 Å². The molecular formula is C16H28N4O. The van der Waals surface area contributed by atoms with Gasteiger partial charge in [-0.1, -0.05) is 6.07 Å². The van der Waals surface area contributed by atoms with Gasteiger partial charge >= 0.3 is 0 Å². The zero-order valence-corrected chi connectivity index (χ0v) is 13.5. The average molecular weight is 292 g/mol. The SMILES string of the molecule is COCCN(C)c1ccc(CN2CCC(C(C)N)C2)cn1. The Balaban J connectivity index is 1.85. The number of methoxy groups -OCH3 is 1. The highest BCUT2D eigenvalue weighted by Gasteiger charge is 2.24. The van der Waals surface area contributed by atoms with Crippen LogP contribution in [0.15, 0.2) is 18.3 Å². The Kier molecular flexibility index (Phi) is 5.96. The Hall–Kier alpha value is -1.17. The molecule has 5 nitrogen and oxygen atoms in total. The van der Waals surface area contributed by atoms with Crippen molar-refractivity contribution >= 4 is 5.82 Å². The molecule has 1 fully saturated rings. The zero-order chi connectivity index (χ0) is 15.2. The fraction of sp³-hybridized carbons (Fsp3) is 0.688. The van der Waals surface area contributed by atoms with E-state index in [9.17, 15) is 0 Å². The van der Waals surface area contributed by atoms with Gasteiger partial charge in [-0.25, -0.2) is 4.98 Å². The summed E-state index contributed by atoms with van der Waals surface area (Å²) >= 11 is 0. The maximum Gasteiger partial charge on any atom is 0.128 e. The van der Waals surface area contributed by atoms with Crippen molar-refractivity contribution in [1.29, 1.82) is 0 Å². The third-order valence-electron chi connectivity index (χ3n) is 4.29. The summed E-state index contributed by atoms with van der Waals surface area (Å²) in [6.45, 7) is 6.89. The van der Waals surface area contributed by atoms with Crippen molar-refractivity contribution in [2.75, 3.05) is 45.3 Å². The highest BCUT2D eigenvalue weighted by Crippen LogP contribution is 2.21. The number of pyridine rings is 1. The minimum atomic E-state index is 0.296. The molecule has 1 aromatic heterocycles. The van der Waals surface area contributed by atoms with Gasteiger partial charge in [0.15, 0.2) is 0 Å². The molecule has 0 bridgehead atoms. The monoisotopic (exact) mass is 292 g/mol. The summed E-state index contributed by atoms with van der Waals surface area (Å²) in [5.41, 5.74) is 7.26. The van der Waals surface area contributed by atoms with Crippen LogP contribution in [-0.4, -0.2) is 56.3 Å². The molecule has 0 amide bonds. The molecule has 1 aliphatic heterocycles. The van der Waals surface area contributed by atoms with Gasteiger partial charge in [-0.05, 0) is 37.4 Å². The van der Waals surface area contributed by atoms with Crippen LogP contribution < -0.4 is 10.6 Å². The third kappa shape index (κ3) is 4.66. The zero-order valence-electron chi connectivity index (χ0n) is 13.5. The highest BCUT2D eigenvalue weighted by atomic mass is 16.5. The number of likely N-dealkylation sites (N-methyl/N-ethyl adjacent to an activating group) is 1. The van der Waals surface area contributed by atoms with Gasteiger partial charge in [-0.2, -0.15) is 0 Å². The van der Waals surface area contributed by atoms with Crippen LogP contribution in [0.25, 0.3) is 0 Å². The van der Waals surface area contributed by atoms with Crippen molar-refractivity contribution in [3.05, 3.63) is 23.9 Å². The second kappa shape index (κ2) is 7.73. The lowest BCUT2D eigenvalue weighted by atomic mass is 10.0. The molecule has 1 aromatic rings. The van der Waals surface area contributed by atoms with Crippen LogP contribution in [0.2, 0.25) is 0 Å². The van der Waals surface area contributed by atoms with E-state index < -0.39 is 0 Å². The van der Waals surface area contributed by atoms with Crippen molar-refractivity contribution in [2.24, 2.45) is 11.7 Å². The molecule has 21 heavy (non-hydrogen) atoms. The van der Waals surface area contributed by atoms with Crippen molar-refractivity contribution < 1.29 is 4.74 Å². The largest absolute Gasteiger partial charge is 0.383 e. The topological polar surface area (TPSA) is 54.6 Å². The average Bonchev–Trinajstić information content (AvgIpc) is 2.94. The molecule has 2 atom stereocenters. The lowest BCUT2D eigenvalue weighted by molar-refractivity contribution is 0.206. The van der Waals surface area contributed by atoms with Crippen LogP contribution in [0.4, 0.5) is 5.82 Å². The maximum absolute atomic E-state index is 5.99. The number of nitrogens with two attached hydrogens (primary N) is 1. The lowest BCUT2D eigenvalue weighted by Gasteiger charge is -2.19. The van der Waals surface area contributed by atoms with E-state index in [4.69, 9.17) is 10.5 Å². The molecule has 0 aliphatic carbocycles. The molecule has 2 heterocycles. The molecule has 0 radical (unpaired) electrons. The normalized spacial score (nSPS) is 20.7. The Bertz CT molecular complexity index is 421. The van der Waals surface area contributed by atoms with Crippen LogP contribution in [0, 0.1) is 5.92 Å². The third-order valence-corrected chi connectivity index (χ3v) is 4.29. The predicted octanol–water partition coefficient (Wildman–Crippen LogP) is 1.33. The first-order valence-electron chi connectivity index (χ1n) is 7.73. The second-order valence-corrected chi connectivity index (χ2v) is 6.08. The number of anilines is 1. The van der Waals surface area contributed by atoms with E-state index in [1.54, 1.807) is 7.11 Å². The molecule has 2 unspecified atom stereocenters. The minimum Gasteiger partial charge on any atom is -0.383 e. The second-order valence-electron chi connectivity index (χ2n) is 6.08. The molecule has 5 heteroatoms. The molecular weight excluding hydrogens is 264 g/mol. The molecule has 0 saturated carbocycles. The smallest absolute Gasteiger partial charge is 0.128 e. The highest BCUT2D eigenvalue weighted by molar-refractivity contribution is 5.38. The van der Waals surface area contributed by atoms with Crippen LogP contribution in [0.3, 0.4) is 0 Å². The van der Waals surface area contributed by atoms with Gasteiger partial charge in [0.25, 0.3) is 0 Å². The van der Waals surface area contributed by atoms with E-state index in [0.29, 0.717) is 18.6 Å². The summed E-state index contributed by atoms with van der Waals surface area (Å²) in [6.07, 6.45) is 3.20. The molecule has 2 N–H and O–H groups in total. The Labute approximate surface area is 128 Å². The fourth-order valence-electron chi connectivity index (χ4n) is 2.77. The van der Waals surface area contributed by atoms with Crippen LogP contribution in [0.5, 0.6) is 0 Å². The summed E-state index contributed by atoms with van der Waals surface area (Å²) in [6, 6.07) is 4.56. The predicted molar refractivity (Wildman–Crippen MR) is 86.4 cm³/mol. The minimum absolute atomic E-state index is 0.296. The van der Waals surface area contributed by atoms with Gasteiger partial charge < -0.3 is 15.4 Å². The van der Waals surface area contributed by atoms with Crippen molar-refractivity contribution in [1.82, 2.24) is 9.88 Å². The van der Waals surface area contributed by atoms with E-state index in [-0.39, 0.29) is 0 Å². The van der Waals surface area contributed by atoms with Crippen LogP contribution in [0.1, 0.15) is 18.9 Å².